The molecule has 47 heavy (non-hydrogen) atoms. The number of benzene rings is 4. The fourth-order valence-corrected chi connectivity index (χ4v) is 8.72. The van der Waals surface area contributed by atoms with Gasteiger partial charge < -0.3 is 20.5 Å². The number of nitrogens with one attached hydrogen (secondary N) is 2. The van der Waals surface area contributed by atoms with Gasteiger partial charge in [0.15, 0.2) is 0 Å². The predicted octanol–water partition coefficient (Wildman–Crippen LogP) is 8.49. The van der Waals surface area contributed by atoms with E-state index in [0.717, 1.165) is 41.7 Å². The van der Waals surface area contributed by atoms with E-state index in [4.69, 9.17) is 4.74 Å². The van der Waals surface area contributed by atoms with E-state index in [1.807, 2.05) is 78.9 Å². The molecule has 0 spiro atoms. The van der Waals surface area contributed by atoms with Crippen LogP contribution in [0.2, 0.25) is 0 Å². The van der Waals surface area contributed by atoms with E-state index in [1.165, 1.54) is 19.3 Å². The number of para-hydroxylation sites is 2. The average molecular weight is 694 g/mol. The lowest BCUT2D eigenvalue weighted by Crippen LogP contribution is -2.52. The van der Waals surface area contributed by atoms with Crippen molar-refractivity contribution in [1.29, 1.82) is 0 Å². The van der Waals surface area contributed by atoms with Crippen molar-refractivity contribution in [2.45, 2.75) is 51.0 Å². The van der Waals surface area contributed by atoms with Crippen LogP contribution in [0.15, 0.2) is 102 Å². The van der Waals surface area contributed by atoms with Gasteiger partial charge in [0.1, 0.15) is 17.5 Å². The van der Waals surface area contributed by atoms with Crippen LogP contribution in [0.4, 0.5) is 5.69 Å². The first kappa shape index (κ1) is 31.2. The summed E-state index contributed by atoms with van der Waals surface area (Å²) in [5.41, 5.74) is 2.84. The number of halogens is 1. The quantitative estimate of drug-likeness (QED) is 0.155. The van der Waals surface area contributed by atoms with E-state index < -0.39 is 17.9 Å². The number of anilines is 1. The first-order valence-corrected chi connectivity index (χ1v) is 17.1. The van der Waals surface area contributed by atoms with Gasteiger partial charge in [0.2, 0.25) is 5.91 Å². The lowest BCUT2D eigenvalue weighted by molar-refractivity contribution is -0.140. The number of carbonyl (C=O) groups excluding carboxylic acids is 2. The van der Waals surface area contributed by atoms with Crippen molar-refractivity contribution in [2.24, 2.45) is 23.2 Å². The normalized spacial score (nSPS) is 23.1. The van der Waals surface area contributed by atoms with Crippen LogP contribution in [0, 0.1) is 23.2 Å². The lowest BCUT2D eigenvalue weighted by Gasteiger charge is -2.55. The summed E-state index contributed by atoms with van der Waals surface area (Å²) in [6.07, 6.45) is 6.51. The van der Waals surface area contributed by atoms with E-state index >= 15 is 0 Å². The van der Waals surface area contributed by atoms with Crippen LogP contribution >= 0.6 is 15.9 Å². The van der Waals surface area contributed by atoms with E-state index in [2.05, 4.69) is 26.6 Å². The Kier molecular flexibility index (Phi) is 8.62. The highest BCUT2D eigenvalue weighted by Gasteiger charge is 2.54. The summed E-state index contributed by atoms with van der Waals surface area (Å²) >= 11 is 3.44. The van der Waals surface area contributed by atoms with E-state index in [0.29, 0.717) is 33.7 Å². The Hall–Kier alpha value is -4.43. The summed E-state index contributed by atoms with van der Waals surface area (Å²) in [5, 5.41) is 15.9. The van der Waals surface area contributed by atoms with Crippen LogP contribution in [0.3, 0.4) is 0 Å². The Morgan fingerprint density at radius 1 is 0.830 bits per heavy atom. The fourth-order valence-electron chi connectivity index (χ4n) is 8.36. The number of amides is 2. The van der Waals surface area contributed by atoms with Crippen molar-refractivity contribution in [3.8, 4) is 22.6 Å². The van der Waals surface area contributed by atoms with Crippen molar-refractivity contribution in [1.82, 2.24) is 5.32 Å². The summed E-state index contributed by atoms with van der Waals surface area (Å²) in [6, 6.07) is 28.9. The van der Waals surface area contributed by atoms with Crippen molar-refractivity contribution < 1.29 is 24.2 Å². The maximum atomic E-state index is 13.8. The molecule has 4 aromatic carbocycles. The second-order valence-corrected chi connectivity index (χ2v) is 14.4. The summed E-state index contributed by atoms with van der Waals surface area (Å²) in [4.78, 5) is 39.8. The van der Waals surface area contributed by atoms with Gasteiger partial charge in [0.05, 0.1) is 16.7 Å². The minimum Gasteiger partial charge on any atom is -0.480 e. The molecule has 0 saturated heterocycles. The number of ether oxygens (including phenoxy) is 1. The molecule has 4 bridgehead atoms. The number of rotatable bonds is 10. The molecule has 0 aromatic heterocycles. The van der Waals surface area contributed by atoms with Gasteiger partial charge in [0.25, 0.3) is 5.91 Å². The summed E-state index contributed by atoms with van der Waals surface area (Å²) < 4.78 is 6.79. The molecule has 4 aromatic rings. The van der Waals surface area contributed by atoms with Crippen molar-refractivity contribution >= 4 is 39.4 Å². The molecule has 4 aliphatic carbocycles. The van der Waals surface area contributed by atoms with Crippen LogP contribution in [-0.4, -0.2) is 28.9 Å². The monoisotopic (exact) mass is 692 g/mol. The summed E-state index contributed by atoms with van der Waals surface area (Å²) in [5.74, 6) is 1.58. The number of carbonyl (C=O) groups is 3. The zero-order valence-corrected chi connectivity index (χ0v) is 27.5. The minimum atomic E-state index is -1.17. The van der Waals surface area contributed by atoms with Crippen LogP contribution in [0.1, 0.15) is 54.4 Å². The lowest BCUT2D eigenvalue weighted by atomic mass is 9.49. The molecule has 1 unspecified atom stereocenters. The maximum Gasteiger partial charge on any atom is 0.326 e. The number of aliphatic carboxylic acids is 1. The van der Waals surface area contributed by atoms with Gasteiger partial charge in [-0.15, -0.1) is 0 Å². The van der Waals surface area contributed by atoms with E-state index in [1.54, 1.807) is 18.2 Å². The minimum absolute atomic E-state index is 0.0152. The highest BCUT2D eigenvalue weighted by atomic mass is 79.9. The maximum absolute atomic E-state index is 13.8. The average Bonchev–Trinajstić information content (AvgIpc) is 3.05. The molecule has 0 aliphatic heterocycles. The van der Waals surface area contributed by atoms with E-state index in [9.17, 15) is 19.5 Å². The molecule has 7 nitrogen and oxygen atoms in total. The number of hydrogen-bond acceptors (Lipinski definition) is 4. The van der Waals surface area contributed by atoms with Crippen molar-refractivity contribution in [3.63, 3.8) is 0 Å². The van der Waals surface area contributed by atoms with Gasteiger partial charge in [0, 0.05) is 16.5 Å². The largest absolute Gasteiger partial charge is 0.480 e. The molecule has 4 saturated carbocycles. The van der Waals surface area contributed by atoms with Crippen LogP contribution in [0.25, 0.3) is 11.1 Å². The molecule has 3 N–H and O–H groups in total. The van der Waals surface area contributed by atoms with Crippen LogP contribution < -0.4 is 15.4 Å². The third-order valence-corrected chi connectivity index (χ3v) is 10.7. The second kappa shape index (κ2) is 13.0. The Balaban J connectivity index is 1.05. The smallest absolute Gasteiger partial charge is 0.326 e. The van der Waals surface area contributed by atoms with Gasteiger partial charge in [-0.05, 0) is 104 Å². The van der Waals surface area contributed by atoms with Crippen molar-refractivity contribution in [3.05, 3.63) is 113 Å². The number of carboxylic acid groups (broad SMARTS) is 1. The molecule has 8 heteroatoms. The molecule has 2 amide bonds. The first-order valence-electron chi connectivity index (χ1n) is 16.3. The molecule has 240 valence electrons. The standard InChI is InChI=1S/C39H37BrN2O5/c40-29-14-15-33(42-38(46)39-21-25-16-26(22-39)18-27(17-25)23-39)32(20-29)36(43)41-34(37(44)45)19-24-10-12-28(13-11-24)31-8-4-5-9-35(31)47-30-6-2-1-3-7-30/h1-15,20,25-27,34H,16-19,21-23H2,(H,41,43)(H,42,46)(H,44,45). The molecule has 4 aliphatic rings. The highest BCUT2D eigenvalue weighted by molar-refractivity contribution is 9.10. The van der Waals surface area contributed by atoms with Gasteiger partial charge >= 0.3 is 5.97 Å². The van der Waals surface area contributed by atoms with Crippen molar-refractivity contribution in [2.75, 3.05) is 5.32 Å². The van der Waals surface area contributed by atoms with Crippen LogP contribution in [-0.2, 0) is 16.0 Å². The second-order valence-electron chi connectivity index (χ2n) is 13.5. The first-order chi connectivity index (χ1) is 22.7. The highest BCUT2D eigenvalue weighted by Crippen LogP contribution is 2.60. The molecule has 0 radical (unpaired) electrons. The molecule has 1 atom stereocenters. The number of hydrogen-bond donors (Lipinski definition) is 3. The predicted molar refractivity (Wildman–Crippen MR) is 184 cm³/mol. The van der Waals surface area contributed by atoms with Gasteiger partial charge in [-0.1, -0.05) is 76.6 Å². The zero-order valence-electron chi connectivity index (χ0n) is 26.0. The van der Waals surface area contributed by atoms with Gasteiger partial charge in [-0.25, -0.2) is 4.79 Å². The third-order valence-electron chi connectivity index (χ3n) is 10.2. The molecule has 4 fully saturated rings. The van der Waals surface area contributed by atoms with Crippen LogP contribution in [0.5, 0.6) is 11.5 Å². The Labute approximate surface area is 282 Å². The Morgan fingerprint density at radius 2 is 1.47 bits per heavy atom. The van der Waals surface area contributed by atoms with Gasteiger partial charge in [-0.2, -0.15) is 0 Å². The Morgan fingerprint density at radius 3 is 2.13 bits per heavy atom. The summed E-state index contributed by atoms with van der Waals surface area (Å²) in [6.45, 7) is 0. The molecular weight excluding hydrogens is 656 g/mol. The van der Waals surface area contributed by atoms with E-state index in [-0.39, 0.29) is 23.3 Å². The zero-order chi connectivity index (χ0) is 32.5. The molecule has 8 rings (SSSR count). The molecule has 0 heterocycles. The number of carboxylic acids is 1. The molecular formula is C39H37BrN2O5. The topological polar surface area (TPSA) is 105 Å². The van der Waals surface area contributed by atoms with Gasteiger partial charge in [-0.3, -0.25) is 9.59 Å². The fraction of sp³-hybridized carbons (Fsp3) is 0.308. The third kappa shape index (κ3) is 6.70. The SMILES string of the molecule is O=C(NC(Cc1ccc(-c2ccccc2Oc2ccccc2)cc1)C(=O)O)c1cc(Br)ccc1NC(=O)C12CC3CC(CC(C3)C1)C2. The summed E-state index contributed by atoms with van der Waals surface area (Å²) in [7, 11) is 0. The Bertz CT molecular complexity index is 1770.